The summed E-state index contributed by atoms with van der Waals surface area (Å²) in [7, 11) is 0. The number of aryl methyl sites for hydroxylation is 3. The summed E-state index contributed by atoms with van der Waals surface area (Å²) in [5.74, 6) is 0. The van der Waals surface area contributed by atoms with Crippen molar-refractivity contribution in [1.82, 2.24) is 9.97 Å². The van der Waals surface area contributed by atoms with Crippen molar-refractivity contribution in [1.29, 1.82) is 0 Å². The molecule has 0 saturated heterocycles. The lowest BCUT2D eigenvalue weighted by Crippen LogP contribution is -1.78. The fourth-order valence-corrected chi connectivity index (χ4v) is 0.969. The molecule has 2 nitrogen and oxygen atoms in total. The molecule has 0 saturated carbocycles. The van der Waals surface area contributed by atoms with Crippen LogP contribution in [0.25, 0.3) is 0 Å². The Bertz CT molecular complexity index is 376. The first kappa shape index (κ1) is 15.3. The van der Waals surface area contributed by atoms with Crippen LogP contribution >= 0.6 is 0 Å². The molecule has 0 aliphatic rings. The molecule has 0 bridgehead atoms. The second kappa shape index (κ2) is 9.52. The molecule has 0 aromatic carbocycles. The monoisotopic (exact) mass is 230 g/mol. The quantitative estimate of drug-likeness (QED) is 0.680. The third kappa shape index (κ3) is 7.23. The summed E-state index contributed by atoms with van der Waals surface area (Å²) in [6.07, 6.45) is 7.25. The Kier molecular flexibility index (Phi) is 8.57. The Morgan fingerprint density at radius 3 is 1.53 bits per heavy atom. The zero-order valence-corrected chi connectivity index (χ0v) is 11.4. The summed E-state index contributed by atoms with van der Waals surface area (Å²) < 4.78 is 0. The molecule has 0 amide bonds. The van der Waals surface area contributed by atoms with Crippen LogP contribution in [0.2, 0.25) is 0 Å². The van der Waals surface area contributed by atoms with Crippen LogP contribution < -0.4 is 0 Å². The highest BCUT2D eigenvalue weighted by Crippen LogP contribution is 2.00. The number of rotatable bonds is 0. The van der Waals surface area contributed by atoms with E-state index in [1.165, 1.54) is 16.7 Å². The van der Waals surface area contributed by atoms with E-state index in [0.29, 0.717) is 0 Å². The van der Waals surface area contributed by atoms with Gasteiger partial charge in [0.05, 0.1) is 0 Å². The van der Waals surface area contributed by atoms with E-state index in [9.17, 15) is 0 Å². The molecule has 92 valence electrons. The van der Waals surface area contributed by atoms with Gasteiger partial charge in [0, 0.05) is 24.8 Å². The van der Waals surface area contributed by atoms with E-state index in [-0.39, 0.29) is 0 Å². The van der Waals surface area contributed by atoms with Crippen LogP contribution in [0.1, 0.15) is 30.5 Å². The van der Waals surface area contributed by atoms with Crippen molar-refractivity contribution >= 4 is 0 Å². The number of aromatic nitrogens is 2. The molecule has 0 unspecified atom stereocenters. The van der Waals surface area contributed by atoms with Gasteiger partial charge in [0.1, 0.15) is 0 Å². The van der Waals surface area contributed by atoms with E-state index < -0.39 is 0 Å². The lowest BCUT2D eigenvalue weighted by Gasteiger charge is -1.92. The first-order chi connectivity index (χ1) is 8.20. The van der Waals surface area contributed by atoms with Crippen LogP contribution in [-0.2, 0) is 0 Å². The summed E-state index contributed by atoms with van der Waals surface area (Å²) >= 11 is 0. The predicted molar refractivity (Wildman–Crippen MR) is 74.0 cm³/mol. The van der Waals surface area contributed by atoms with Gasteiger partial charge in [0.25, 0.3) is 0 Å². The van der Waals surface area contributed by atoms with Gasteiger partial charge in [-0.05, 0) is 55.7 Å². The number of nitrogens with zero attached hydrogens (tertiary/aromatic N) is 2. The van der Waals surface area contributed by atoms with Gasteiger partial charge in [-0.3, -0.25) is 9.97 Å². The highest BCUT2D eigenvalue weighted by Gasteiger charge is 1.85. The molecule has 0 aliphatic heterocycles. The molecule has 2 rings (SSSR count). The zero-order chi connectivity index (χ0) is 13.1. The summed E-state index contributed by atoms with van der Waals surface area (Å²) in [5, 5.41) is 0. The molecule has 0 radical (unpaired) electrons. The smallest absolute Gasteiger partial charge is 0.0299 e. The molecule has 2 heterocycles. The maximum atomic E-state index is 3.95. The third-order valence-electron chi connectivity index (χ3n) is 2.15. The molecular weight excluding hydrogens is 208 g/mol. The third-order valence-corrected chi connectivity index (χ3v) is 2.15. The number of pyridine rings is 2. The van der Waals surface area contributed by atoms with Gasteiger partial charge in [-0.2, -0.15) is 0 Å². The molecule has 0 aliphatic carbocycles. The first-order valence-corrected chi connectivity index (χ1v) is 5.94. The van der Waals surface area contributed by atoms with Crippen LogP contribution in [-0.4, -0.2) is 9.97 Å². The minimum atomic E-state index is 1.26. The molecule has 0 atom stereocenters. The average molecular weight is 230 g/mol. The van der Waals surface area contributed by atoms with E-state index in [1.807, 2.05) is 51.4 Å². The Balaban J connectivity index is 0.000000265. The second-order valence-corrected chi connectivity index (χ2v) is 3.48. The summed E-state index contributed by atoms with van der Waals surface area (Å²) in [5.41, 5.74) is 3.82. The first-order valence-electron chi connectivity index (χ1n) is 5.94. The van der Waals surface area contributed by atoms with E-state index in [4.69, 9.17) is 0 Å². The van der Waals surface area contributed by atoms with Gasteiger partial charge in [-0.25, -0.2) is 0 Å². The largest absolute Gasteiger partial charge is 0.265 e. The zero-order valence-electron chi connectivity index (χ0n) is 11.4. The maximum absolute atomic E-state index is 3.95. The van der Waals surface area contributed by atoms with Crippen molar-refractivity contribution in [2.45, 2.75) is 34.6 Å². The minimum Gasteiger partial charge on any atom is -0.265 e. The van der Waals surface area contributed by atoms with Crippen molar-refractivity contribution in [3.63, 3.8) is 0 Å². The van der Waals surface area contributed by atoms with Crippen LogP contribution in [0, 0.1) is 20.8 Å². The van der Waals surface area contributed by atoms with E-state index in [0.717, 1.165) is 0 Å². The maximum Gasteiger partial charge on any atom is 0.0299 e. The lowest BCUT2D eigenvalue weighted by molar-refractivity contribution is 1.22. The highest BCUT2D eigenvalue weighted by atomic mass is 14.6. The van der Waals surface area contributed by atoms with E-state index in [2.05, 4.69) is 23.8 Å². The second-order valence-electron chi connectivity index (χ2n) is 3.48. The van der Waals surface area contributed by atoms with Gasteiger partial charge < -0.3 is 0 Å². The van der Waals surface area contributed by atoms with Crippen LogP contribution in [0.3, 0.4) is 0 Å². The van der Waals surface area contributed by atoms with Gasteiger partial charge in [0.2, 0.25) is 0 Å². The Morgan fingerprint density at radius 1 is 0.706 bits per heavy atom. The fraction of sp³-hybridized carbons (Fsp3) is 0.333. The fourth-order valence-electron chi connectivity index (χ4n) is 0.969. The highest BCUT2D eigenvalue weighted by molar-refractivity contribution is 5.18. The Morgan fingerprint density at radius 2 is 1.24 bits per heavy atom. The topological polar surface area (TPSA) is 25.8 Å². The summed E-state index contributed by atoms with van der Waals surface area (Å²) in [6, 6.07) is 5.95. The van der Waals surface area contributed by atoms with Crippen molar-refractivity contribution < 1.29 is 0 Å². The average Bonchev–Trinajstić information content (AvgIpc) is 2.37. The molecule has 2 aromatic heterocycles. The minimum absolute atomic E-state index is 1.26. The standard InChI is InChI=1S/C7H9N.C6H7N.C2H6/c1-6-3-4-8-5-7(6)2;1-6-2-4-7-5-3-6;1-2/h3-5H,1-2H3;2-5H,1H3;1-2H3. The molecule has 17 heavy (non-hydrogen) atoms. The summed E-state index contributed by atoms with van der Waals surface area (Å²) in [6.45, 7) is 10.2. The van der Waals surface area contributed by atoms with Gasteiger partial charge in [0.15, 0.2) is 0 Å². The molecule has 2 heteroatoms. The van der Waals surface area contributed by atoms with Crippen molar-refractivity contribution in [2.24, 2.45) is 0 Å². The van der Waals surface area contributed by atoms with Gasteiger partial charge in [-0.1, -0.05) is 13.8 Å². The van der Waals surface area contributed by atoms with Gasteiger partial charge in [-0.15, -0.1) is 0 Å². The van der Waals surface area contributed by atoms with Crippen molar-refractivity contribution in [2.75, 3.05) is 0 Å². The van der Waals surface area contributed by atoms with Crippen LogP contribution in [0.4, 0.5) is 0 Å². The lowest BCUT2D eigenvalue weighted by atomic mass is 10.2. The SMILES string of the molecule is CC.Cc1ccncc1.Cc1ccncc1C. The molecular formula is C15H22N2. The Labute approximate surface area is 105 Å². The van der Waals surface area contributed by atoms with Gasteiger partial charge >= 0.3 is 0 Å². The van der Waals surface area contributed by atoms with Crippen LogP contribution in [0.15, 0.2) is 43.0 Å². The molecule has 0 spiro atoms. The van der Waals surface area contributed by atoms with Crippen LogP contribution in [0.5, 0.6) is 0 Å². The number of hydrogen-bond acceptors (Lipinski definition) is 2. The normalized spacial score (nSPS) is 8.29. The molecule has 2 aromatic rings. The van der Waals surface area contributed by atoms with Crippen molar-refractivity contribution in [3.8, 4) is 0 Å². The number of hydrogen-bond donors (Lipinski definition) is 0. The Hall–Kier alpha value is -1.70. The van der Waals surface area contributed by atoms with E-state index >= 15 is 0 Å². The predicted octanol–water partition coefficient (Wildman–Crippen LogP) is 4.11. The van der Waals surface area contributed by atoms with E-state index in [1.54, 1.807) is 12.4 Å². The van der Waals surface area contributed by atoms with Crippen molar-refractivity contribution in [3.05, 3.63) is 59.7 Å². The molecule has 0 fully saturated rings. The molecule has 0 N–H and O–H groups in total. The summed E-state index contributed by atoms with van der Waals surface area (Å²) in [4.78, 5) is 7.79.